The molecular weight excluding hydrogens is 270 g/mol. The molecule has 0 spiro atoms. The van der Waals surface area contributed by atoms with Crippen molar-refractivity contribution in [2.24, 2.45) is 0 Å². The Labute approximate surface area is 116 Å². The van der Waals surface area contributed by atoms with Crippen molar-refractivity contribution in [3.63, 3.8) is 0 Å². The Morgan fingerprint density at radius 1 is 1.53 bits per heavy atom. The molecule has 1 aromatic rings. The summed E-state index contributed by atoms with van der Waals surface area (Å²) in [6.07, 6.45) is 2.00. The van der Waals surface area contributed by atoms with Gasteiger partial charge in [-0.05, 0) is 31.5 Å². The number of ether oxygens (including phenoxy) is 2. The van der Waals surface area contributed by atoms with Crippen molar-refractivity contribution < 1.29 is 19.4 Å². The minimum Gasteiger partial charge on any atom is -0.493 e. The molecule has 6 heteroatoms. The molecule has 0 saturated carbocycles. The zero-order valence-electron chi connectivity index (χ0n) is 10.6. The van der Waals surface area contributed by atoms with Crippen molar-refractivity contribution in [2.75, 3.05) is 20.2 Å². The molecule has 1 heterocycles. The fourth-order valence-electron chi connectivity index (χ4n) is 2.04. The Morgan fingerprint density at radius 2 is 2.32 bits per heavy atom. The number of nitrogens with one attached hydrogen (secondary N) is 1. The fourth-order valence-corrected chi connectivity index (χ4v) is 2.30. The lowest BCUT2D eigenvalue weighted by atomic mass is 10.1. The van der Waals surface area contributed by atoms with Crippen LogP contribution in [0.3, 0.4) is 0 Å². The maximum absolute atomic E-state index is 11.0. The fraction of sp³-hybridized carbons (Fsp3) is 0.462. The molecule has 1 fully saturated rings. The van der Waals surface area contributed by atoms with Crippen LogP contribution in [0.5, 0.6) is 11.5 Å². The number of carboxylic acids is 1. The minimum atomic E-state index is -1.05. The highest BCUT2D eigenvalue weighted by Crippen LogP contribution is 2.37. The first-order valence-electron chi connectivity index (χ1n) is 6.10. The van der Waals surface area contributed by atoms with Crippen molar-refractivity contribution >= 4 is 17.6 Å². The third kappa shape index (κ3) is 3.30. The predicted molar refractivity (Wildman–Crippen MR) is 71.5 cm³/mol. The molecule has 19 heavy (non-hydrogen) atoms. The first-order valence-corrected chi connectivity index (χ1v) is 6.48. The molecule has 1 atom stereocenters. The Morgan fingerprint density at radius 3 is 2.89 bits per heavy atom. The normalized spacial score (nSPS) is 18.9. The van der Waals surface area contributed by atoms with Crippen LogP contribution in [-0.2, 0) is 0 Å². The average molecular weight is 286 g/mol. The molecule has 0 aliphatic carbocycles. The summed E-state index contributed by atoms with van der Waals surface area (Å²) in [4.78, 5) is 11.0. The SMILES string of the molecule is COc1cc(C(=O)O)cc(Cl)c1OC1CCCNC1. The standard InChI is InChI=1S/C13H16ClNO4/c1-18-11-6-8(13(16)17)5-10(14)12(11)19-9-3-2-4-15-7-9/h5-6,9,15H,2-4,7H2,1H3,(H,16,17). The lowest BCUT2D eigenvalue weighted by Gasteiger charge is -2.25. The Hall–Kier alpha value is -1.46. The maximum atomic E-state index is 11.0. The van der Waals surface area contributed by atoms with E-state index in [2.05, 4.69) is 5.32 Å². The van der Waals surface area contributed by atoms with E-state index in [9.17, 15) is 4.79 Å². The number of hydrogen-bond donors (Lipinski definition) is 2. The van der Waals surface area contributed by atoms with E-state index in [1.54, 1.807) is 0 Å². The number of methoxy groups -OCH3 is 1. The van der Waals surface area contributed by atoms with E-state index in [0.29, 0.717) is 11.5 Å². The molecule has 1 unspecified atom stereocenters. The zero-order chi connectivity index (χ0) is 13.8. The number of benzene rings is 1. The van der Waals surface area contributed by atoms with Gasteiger partial charge in [-0.15, -0.1) is 0 Å². The van der Waals surface area contributed by atoms with Crippen molar-refractivity contribution in [1.29, 1.82) is 0 Å². The predicted octanol–water partition coefficient (Wildman–Crippen LogP) is 2.18. The summed E-state index contributed by atoms with van der Waals surface area (Å²) >= 11 is 6.09. The molecule has 0 bridgehead atoms. The minimum absolute atomic E-state index is 0.0239. The van der Waals surface area contributed by atoms with Crippen LogP contribution in [0.1, 0.15) is 23.2 Å². The lowest BCUT2D eigenvalue weighted by molar-refractivity contribution is 0.0696. The van der Waals surface area contributed by atoms with Gasteiger partial charge in [-0.25, -0.2) is 4.79 Å². The van der Waals surface area contributed by atoms with Gasteiger partial charge in [0.05, 0.1) is 17.7 Å². The highest BCUT2D eigenvalue weighted by atomic mass is 35.5. The van der Waals surface area contributed by atoms with E-state index in [0.717, 1.165) is 25.9 Å². The van der Waals surface area contributed by atoms with Gasteiger partial charge < -0.3 is 19.9 Å². The number of rotatable bonds is 4. The molecule has 1 aliphatic heterocycles. The number of hydrogen-bond acceptors (Lipinski definition) is 4. The second kappa shape index (κ2) is 6.12. The highest BCUT2D eigenvalue weighted by molar-refractivity contribution is 6.32. The van der Waals surface area contributed by atoms with Gasteiger partial charge in [0.2, 0.25) is 0 Å². The van der Waals surface area contributed by atoms with Crippen molar-refractivity contribution in [2.45, 2.75) is 18.9 Å². The van der Waals surface area contributed by atoms with E-state index >= 15 is 0 Å². The summed E-state index contributed by atoms with van der Waals surface area (Å²) < 4.78 is 11.0. The summed E-state index contributed by atoms with van der Waals surface area (Å²) in [6.45, 7) is 1.74. The van der Waals surface area contributed by atoms with E-state index in [4.69, 9.17) is 26.2 Å². The largest absolute Gasteiger partial charge is 0.493 e. The molecule has 104 valence electrons. The summed E-state index contributed by atoms with van der Waals surface area (Å²) in [7, 11) is 1.46. The van der Waals surface area contributed by atoms with Gasteiger partial charge in [-0.3, -0.25) is 0 Å². The molecule has 1 aromatic carbocycles. The van der Waals surface area contributed by atoms with E-state index in [-0.39, 0.29) is 16.7 Å². The van der Waals surface area contributed by atoms with Gasteiger partial charge in [0.25, 0.3) is 0 Å². The van der Waals surface area contributed by atoms with Crippen LogP contribution in [0.25, 0.3) is 0 Å². The smallest absolute Gasteiger partial charge is 0.335 e. The van der Waals surface area contributed by atoms with Crippen molar-refractivity contribution in [3.8, 4) is 11.5 Å². The van der Waals surface area contributed by atoms with E-state index in [1.807, 2.05) is 0 Å². The van der Waals surface area contributed by atoms with Gasteiger partial charge in [0.15, 0.2) is 11.5 Å². The van der Waals surface area contributed by atoms with Crippen LogP contribution < -0.4 is 14.8 Å². The third-order valence-corrected chi connectivity index (χ3v) is 3.29. The Balaban J connectivity index is 2.25. The second-order valence-electron chi connectivity index (χ2n) is 4.38. The molecule has 0 radical (unpaired) electrons. The molecule has 2 rings (SSSR count). The number of aromatic carboxylic acids is 1. The first-order chi connectivity index (χ1) is 9.11. The van der Waals surface area contributed by atoms with Crippen LogP contribution in [0.4, 0.5) is 0 Å². The molecule has 5 nitrogen and oxygen atoms in total. The van der Waals surface area contributed by atoms with Gasteiger partial charge in [-0.1, -0.05) is 11.6 Å². The number of carboxylic acid groups (broad SMARTS) is 1. The maximum Gasteiger partial charge on any atom is 0.335 e. The molecule has 2 N–H and O–H groups in total. The third-order valence-electron chi connectivity index (χ3n) is 3.01. The Kier molecular flexibility index (Phi) is 4.50. The van der Waals surface area contributed by atoms with Crippen LogP contribution in [-0.4, -0.2) is 37.4 Å². The van der Waals surface area contributed by atoms with Gasteiger partial charge in [0, 0.05) is 6.54 Å². The van der Waals surface area contributed by atoms with Gasteiger partial charge in [-0.2, -0.15) is 0 Å². The average Bonchev–Trinajstić information content (AvgIpc) is 2.41. The Bertz CT molecular complexity index is 472. The molecular formula is C13H16ClNO4. The summed E-state index contributed by atoms with van der Waals surface area (Å²) in [5.41, 5.74) is 0.0796. The van der Waals surface area contributed by atoms with Crippen molar-refractivity contribution in [3.05, 3.63) is 22.7 Å². The monoisotopic (exact) mass is 285 g/mol. The molecule has 0 amide bonds. The topological polar surface area (TPSA) is 67.8 Å². The van der Waals surface area contributed by atoms with Crippen LogP contribution in [0.2, 0.25) is 5.02 Å². The molecule has 1 saturated heterocycles. The quantitative estimate of drug-likeness (QED) is 0.887. The highest BCUT2D eigenvalue weighted by Gasteiger charge is 2.20. The van der Waals surface area contributed by atoms with E-state index in [1.165, 1.54) is 19.2 Å². The van der Waals surface area contributed by atoms with Gasteiger partial charge in [0.1, 0.15) is 6.10 Å². The zero-order valence-corrected chi connectivity index (χ0v) is 11.4. The number of piperidine rings is 1. The van der Waals surface area contributed by atoms with Crippen LogP contribution in [0.15, 0.2) is 12.1 Å². The lowest BCUT2D eigenvalue weighted by Crippen LogP contribution is -2.37. The second-order valence-corrected chi connectivity index (χ2v) is 4.79. The number of halogens is 1. The van der Waals surface area contributed by atoms with E-state index < -0.39 is 5.97 Å². The molecule has 0 aromatic heterocycles. The van der Waals surface area contributed by atoms with Crippen molar-refractivity contribution in [1.82, 2.24) is 5.32 Å². The van der Waals surface area contributed by atoms with Gasteiger partial charge >= 0.3 is 5.97 Å². The molecule has 1 aliphatic rings. The first kappa shape index (κ1) is 14.0. The van der Waals surface area contributed by atoms with Crippen LogP contribution >= 0.6 is 11.6 Å². The summed E-state index contributed by atoms with van der Waals surface area (Å²) in [5, 5.41) is 12.5. The number of carbonyl (C=O) groups is 1. The van der Waals surface area contributed by atoms with Crippen LogP contribution in [0, 0.1) is 0 Å². The summed E-state index contributed by atoms with van der Waals surface area (Å²) in [6, 6.07) is 2.79. The summed E-state index contributed by atoms with van der Waals surface area (Å²) in [5.74, 6) is -0.301.